The molecule has 0 amide bonds. The molecule has 8 aromatic carbocycles. The minimum atomic E-state index is -0.540. The molecule has 0 N–H and O–H groups in total. The van der Waals surface area contributed by atoms with Crippen LogP contribution in [0.15, 0.2) is 205 Å². The summed E-state index contributed by atoms with van der Waals surface area (Å²) in [6, 6.07) is 71.9. The Morgan fingerprint density at radius 1 is 0.373 bits per heavy atom. The lowest BCUT2D eigenvalue weighted by atomic mass is 9.67. The van der Waals surface area contributed by atoms with Gasteiger partial charge in [0.2, 0.25) is 0 Å². The lowest BCUT2D eigenvalue weighted by Gasteiger charge is -2.33. The number of rotatable bonds is 6. The highest BCUT2D eigenvalue weighted by atomic mass is 16.3. The van der Waals surface area contributed by atoms with E-state index in [0.29, 0.717) is 0 Å². The Labute approximate surface area is 297 Å². The van der Waals surface area contributed by atoms with Gasteiger partial charge in [-0.25, -0.2) is 0 Å². The maximum absolute atomic E-state index is 6.96. The SMILES string of the molecule is c1ccc(-c2ccc(N(c3ccccc3)c3ccc4oc5c(C6(c7ccccc7)c7ccccc7-c7ccccc76)cccc5c4c3)cc2)cc1. The average Bonchev–Trinajstić information content (AvgIpc) is 3.73. The van der Waals surface area contributed by atoms with Gasteiger partial charge in [0.25, 0.3) is 0 Å². The molecule has 240 valence electrons. The molecule has 1 aliphatic rings. The third-order valence-corrected chi connectivity index (χ3v) is 10.5. The molecule has 10 rings (SSSR count). The smallest absolute Gasteiger partial charge is 0.140 e. The first kappa shape index (κ1) is 29.3. The molecule has 9 aromatic rings. The van der Waals surface area contributed by atoms with Crippen molar-refractivity contribution in [2.45, 2.75) is 5.41 Å². The molecule has 0 aliphatic heterocycles. The fraction of sp³-hybridized carbons (Fsp3) is 0.0204. The number of anilines is 3. The van der Waals surface area contributed by atoms with Gasteiger partial charge in [-0.1, -0.05) is 158 Å². The standard InChI is InChI=1S/C49H33NO/c1-4-15-34(16-5-1)35-27-29-38(30-28-35)50(37-19-8-3-9-20-37)39-31-32-47-43(33-39)42-23-14-26-46(48(42)51-47)49(36-17-6-2-7-18-36)44-24-12-10-21-40(44)41-22-11-13-25-45(41)49/h1-33H. The van der Waals surface area contributed by atoms with Gasteiger partial charge in [-0.15, -0.1) is 0 Å². The summed E-state index contributed by atoms with van der Waals surface area (Å²) in [5, 5.41) is 2.20. The Morgan fingerprint density at radius 2 is 0.902 bits per heavy atom. The molecule has 2 nitrogen and oxygen atoms in total. The third-order valence-electron chi connectivity index (χ3n) is 10.5. The van der Waals surface area contributed by atoms with Gasteiger partial charge in [0, 0.05) is 33.4 Å². The van der Waals surface area contributed by atoms with Crippen molar-refractivity contribution in [3.63, 3.8) is 0 Å². The van der Waals surface area contributed by atoms with Crippen molar-refractivity contribution in [3.05, 3.63) is 222 Å². The van der Waals surface area contributed by atoms with Crippen LogP contribution in [0.5, 0.6) is 0 Å². The molecular weight excluding hydrogens is 619 g/mol. The first-order valence-corrected chi connectivity index (χ1v) is 17.5. The molecule has 0 spiro atoms. The molecule has 0 fully saturated rings. The van der Waals surface area contributed by atoms with E-state index in [-0.39, 0.29) is 0 Å². The molecule has 1 aliphatic carbocycles. The van der Waals surface area contributed by atoms with E-state index >= 15 is 0 Å². The monoisotopic (exact) mass is 651 g/mol. The zero-order valence-electron chi connectivity index (χ0n) is 27.9. The number of furan rings is 1. The molecule has 0 saturated heterocycles. The van der Waals surface area contributed by atoms with Crippen LogP contribution >= 0.6 is 0 Å². The van der Waals surface area contributed by atoms with Crippen LogP contribution in [0.25, 0.3) is 44.2 Å². The zero-order valence-corrected chi connectivity index (χ0v) is 27.9. The van der Waals surface area contributed by atoms with Crippen LogP contribution in [0.3, 0.4) is 0 Å². The molecule has 0 atom stereocenters. The van der Waals surface area contributed by atoms with Gasteiger partial charge in [-0.2, -0.15) is 0 Å². The Kier molecular flexibility index (Phi) is 6.75. The molecular formula is C49H33NO. The maximum Gasteiger partial charge on any atom is 0.140 e. The summed E-state index contributed by atoms with van der Waals surface area (Å²) >= 11 is 0. The largest absolute Gasteiger partial charge is 0.456 e. The first-order chi connectivity index (χ1) is 25.3. The van der Waals surface area contributed by atoms with E-state index < -0.39 is 5.41 Å². The number of fused-ring (bicyclic) bond motifs is 6. The normalized spacial score (nSPS) is 12.9. The summed E-state index contributed by atoms with van der Waals surface area (Å²) < 4.78 is 6.96. The van der Waals surface area contributed by atoms with Crippen LogP contribution in [0.2, 0.25) is 0 Å². The highest BCUT2D eigenvalue weighted by Gasteiger charge is 2.47. The number of para-hydroxylation sites is 2. The van der Waals surface area contributed by atoms with Crippen LogP contribution < -0.4 is 4.90 Å². The van der Waals surface area contributed by atoms with Gasteiger partial charge in [0.1, 0.15) is 11.2 Å². The van der Waals surface area contributed by atoms with Crippen LogP contribution in [0.1, 0.15) is 22.3 Å². The Hall–Kier alpha value is -6.64. The molecule has 0 radical (unpaired) electrons. The molecule has 0 bridgehead atoms. The van der Waals surface area contributed by atoms with E-state index in [9.17, 15) is 0 Å². The van der Waals surface area contributed by atoms with Crippen molar-refractivity contribution in [2.24, 2.45) is 0 Å². The molecule has 2 heteroatoms. The van der Waals surface area contributed by atoms with Gasteiger partial charge in [-0.05, 0) is 81.4 Å². The fourth-order valence-corrected chi connectivity index (χ4v) is 8.36. The van der Waals surface area contributed by atoms with Crippen LogP contribution in [0.4, 0.5) is 17.1 Å². The Bertz CT molecular complexity index is 2630. The summed E-state index contributed by atoms with van der Waals surface area (Å²) in [5.74, 6) is 0. The molecule has 0 saturated carbocycles. The maximum atomic E-state index is 6.96. The summed E-state index contributed by atoms with van der Waals surface area (Å²) in [4.78, 5) is 2.33. The number of hydrogen-bond acceptors (Lipinski definition) is 2. The minimum Gasteiger partial charge on any atom is -0.456 e. The van der Waals surface area contributed by atoms with E-state index in [4.69, 9.17) is 4.42 Å². The van der Waals surface area contributed by atoms with Crippen molar-refractivity contribution in [1.82, 2.24) is 0 Å². The predicted octanol–water partition coefficient (Wildman–Crippen LogP) is 13.1. The van der Waals surface area contributed by atoms with Crippen molar-refractivity contribution in [3.8, 4) is 22.3 Å². The Morgan fingerprint density at radius 3 is 1.59 bits per heavy atom. The van der Waals surface area contributed by atoms with Crippen molar-refractivity contribution >= 4 is 39.0 Å². The molecule has 1 heterocycles. The van der Waals surface area contributed by atoms with E-state index in [0.717, 1.165) is 44.6 Å². The van der Waals surface area contributed by atoms with Gasteiger partial charge < -0.3 is 9.32 Å². The van der Waals surface area contributed by atoms with Crippen LogP contribution in [0, 0.1) is 0 Å². The molecule has 51 heavy (non-hydrogen) atoms. The molecule has 1 aromatic heterocycles. The van der Waals surface area contributed by atoms with Gasteiger partial charge >= 0.3 is 0 Å². The Balaban J connectivity index is 1.18. The first-order valence-electron chi connectivity index (χ1n) is 17.5. The summed E-state index contributed by atoms with van der Waals surface area (Å²) in [7, 11) is 0. The van der Waals surface area contributed by atoms with Crippen molar-refractivity contribution in [2.75, 3.05) is 4.90 Å². The second kappa shape index (κ2) is 11.8. The number of benzene rings is 8. The van der Waals surface area contributed by atoms with E-state index in [2.05, 4.69) is 205 Å². The van der Waals surface area contributed by atoms with Gasteiger partial charge in [0.05, 0.1) is 5.41 Å². The van der Waals surface area contributed by atoms with E-state index in [1.54, 1.807) is 0 Å². The minimum absolute atomic E-state index is 0.540. The quantitative estimate of drug-likeness (QED) is 0.178. The topological polar surface area (TPSA) is 16.4 Å². The second-order valence-corrected chi connectivity index (χ2v) is 13.3. The zero-order chi connectivity index (χ0) is 33.8. The highest BCUT2D eigenvalue weighted by Crippen LogP contribution is 2.57. The predicted molar refractivity (Wildman–Crippen MR) is 211 cm³/mol. The van der Waals surface area contributed by atoms with Crippen LogP contribution in [-0.4, -0.2) is 0 Å². The number of hydrogen-bond donors (Lipinski definition) is 0. The fourth-order valence-electron chi connectivity index (χ4n) is 8.36. The summed E-state index contributed by atoms with van der Waals surface area (Å²) in [6.45, 7) is 0. The number of nitrogens with zero attached hydrogens (tertiary/aromatic N) is 1. The van der Waals surface area contributed by atoms with Gasteiger partial charge in [0.15, 0.2) is 0 Å². The van der Waals surface area contributed by atoms with Gasteiger partial charge in [-0.3, -0.25) is 0 Å². The van der Waals surface area contributed by atoms with Crippen LogP contribution in [-0.2, 0) is 5.41 Å². The lowest BCUT2D eigenvalue weighted by molar-refractivity contribution is 0.648. The third kappa shape index (κ3) is 4.50. The van der Waals surface area contributed by atoms with Crippen molar-refractivity contribution in [1.29, 1.82) is 0 Å². The highest BCUT2D eigenvalue weighted by molar-refractivity contribution is 6.08. The second-order valence-electron chi connectivity index (χ2n) is 13.3. The lowest BCUT2D eigenvalue weighted by Crippen LogP contribution is -2.28. The van der Waals surface area contributed by atoms with Crippen molar-refractivity contribution < 1.29 is 4.42 Å². The average molecular weight is 652 g/mol. The van der Waals surface area contributed by atoms with E-state index in [1.807, 2.05) is 0 Å². The molecule has 0 unspecified atom stereocenters. The summed E-state index contributed by atoms with van der Waals surface area (Å²) in [6.07, 6.45) is 0. The summed E-state index contributed by atoms with van der Waals surface area (Å²) in [5.41, 5.74) is 14.4. The van der Waals surface area contributed by atoms with E-state index in [1.165, 1.54) is 38.9 Å².